The molecule has 1 saturated heterocycles. The molecular weight excluding hydrogens is 210 g/mol. The van der Waals surface area contributed by atoms with E-state index in [0.29, 0.717) is 6.04 Å². The summed E-state index contributed by atoms with van der Waals surface area (Å²) in [5, 5.41) is 3.58. The van der Waals surface area contributed by atoms with Crippen molar-refractivity contribution in [2.24, 2.45) is 5.92 Å². The van der Waals surface area contributed by atoms with Crippen molar-refractivity contribution in [2.75, 3.05) is 40.3 Å². The fraction of sp³-hybridized carbons (Fsp3) is 1.00. The van der Waals surface area contributed by atoms with E-state index in [9.17, 15) is 0 Å². The topological polar surface area (TPSA) is 18.5 Å². The molecule has 3 heteroatoms. The fourth-order valence-corrected chi connectivity index (χ4v) is 2.42. The van der Waals surface area contributed by atoms with Crippen molar-refractivity contribution in [1.82, 2.24) is 15.1 Å². The summed E-state index contributed by atoms with van der Waals surface area (Å²) in [5.74, 6) is 0.808. The molecule has 1 heterocycles. The fourth-order valence-electron chi connectivity index (χ4n) is 2.42. The summed E-state index contributed by atoms with van der Waals surface area (Å²) in [6.07, 6.45) is 2.61. The monoisotopic (exact) mass is 241 g/mol. The van der Waals surface area contributed by atoms with E-state index in [-0.39, 0.29) is 0 Å². The quantitative estimate of drug-likeness (QED) is 0.684. The summed E-state index contributed by atoms with van der Waals surface area (Å²) < 4.78 is 0. The van der Waals surface area contributed by atoms with Crippen molar-refractivity contribution in [1.29, 1.82) is 0 Å². The molecule has 0 saturated carbocycles. The second kappa shape index (κ2) is 7.34. The van der Waals surface area contributed by atoms with Gasteiger partial charge in [0.1, 0.15) is 0 Å². The Morgan fingerprint density at radius 3 is 2.53 bits per heavy atom. The van der Waals surface area contributed by atoms with Crippen molar-refractivity contribution >= 4 is 0 Å². The Hall–Kier alpha value is -0.120. The van der Waals surface area contributed by atoms with E-state index in [4.69, 9.17) is 0 Å². The molecule has 0 amide bonds. The van der Waals surface area contributed by atoms with Gasteiger partial charge in [0, 0.05) is 31.7 Å². The molecule has 1 N–H and O–H groups in total. The van der Waals surface area contributed by atoms with Crippen LogP contribution < -0.4 is 5.32 Å². The van der Waals surface area contributed by atoms with E-state index >= 15 is 0 Å². The molecule has 3 nitrogen and oxygen atoms in total. The highest BCUT2D eigenvalue weighted by Gasteiger charge is 2.26. The number of nitrogens with zero attached hydrogens (tertiary/aromatic N) is 2. The van der Waals surface area contributed by atoms with Crippen LogP contribution in [0.1, 0.15) is 33.6 Å². The molecule has 102 valence electrons. The van der Waals surface area contributed by atoms with E-state index < -0.39 is 0 Å². The van der Waals surface area contributed by atoms with Crippen LogP contribution in [0.25, 0.3) is 0 Å². The van der Waals surface area contributed by atoms with Crippen LogP contribution >= 0.6 is 0 Å². The van der Waals surface area contributed by atoms with Gasteiger partial charge in [0.2, 0.25) is 0 Å². The van der Waals surface area contributed by atoms with Gasteiger partial charge in [-0.15, -0.1) is 0 Å². The molecule has 0 aromatic carbocycles. The predicted molar refractivity (Wildman–Crippen MR) is 75.5 cm³/mol. The Bertz CT molecular complexity index is 204. The molecule has 0 aromatic heterocycles. The average molecular weight is 241 g/mol. The lowest BCUT2D eigenvalue weighted by Gasteiger charge is -2.26. The van der Waals surface area contributed by atoms with Gasteiger partial charge in [0.15, 0.2) is 0 Å². The first kappa shape index (κ1) is 14.9. The lowest BCUT2D eigenvalue weighted by Crippen LogP contribution is -2.41. The lowest BCUT2D eigenvalue weighted by molar-refractivity contribution is 0.222. The van der Waals surface area contributed by atoms with Gasteiger partial charge < -0.3 is 10.2 Å². The molecule has 2 unspecified atom stereocenters. The van der Waals surface area contributed by atoms with Crippen molar-refractivity contribution < 1.29 is 0 Å². The summed E-state index contributed by atoms with van der Waals surface area (Å²) in [6.45, 7) is 11.7. The van der Waals surface area contributed by atoms with Crippen LogP contribution in [0.2, 0.25) is 0 Å². The zero-order valence-corrected chi connectivity index (χ0v) is 12.4. The van der Waals surface area contributed by atoms with Crippen molar-refractivity contribution in [2.45, 2.75) is 45.7 Å². The molecule has 0 aromatic rings. The molecule has 1 aliphatic rings. The molecule has 2 atom stereocenters. The first-order valence-electron chi connectivity index (χ1n) is 7.12. The number of hydrogen-bond donors (Lipinski definition) is 1. The van der Waals surface area contributed by atoms with Gasteiger partial charge >= 0.3 is 0 Å². The molecule has 0 radical (unpaired) electrons. The van der Waals surface area contributed by atoms with Gasteiger partial charge in [-0.25, -0.2) is 0 Å². The molecule has 1 fully saturated rings. The Morgan fingerprint density at radius 2 is 2.00 bits per heavy atom. The summed E-state index contributed by atoms with van der Waals surface area (Å²) in [7, 11) is 4.39. The van der Waals surface area contributed by atoms with Crippen LogP contribution in [0.5, 0.6) is 0 Å². The van der Waals surface area contributed by atoms with Crippen LogP contribution in [0, 0.1) is 5.92 Å². The Labute approximate surface area is 108 Å². The Balaban J connectivity index is 2.14. The third-order valence-electron chi connectivity index (χ3n) is 3.89. The molecular formula is C14H31N3. The normalized spacial score (nSPS) is 23.8. The summed E-state index contributed by atoms with van der Waals surface area (Å²) in [5.41, 5.74) is 0. The molecule has 0 bridgehead atoms. The van der Waals surface area contributed by atoms with E-state index in [0.717, 1.165) is 25.0 Å². The van der Waals surface area contributed by atoms with Crippen molar-refractivity contribution in [3.8, 4) is 0 Å². The number of likely N-dealkylation sites (N-methyl/N-ethyl adjacent to an activating group) is 1. The third-order valence-corrected chi connectivity index (χ3v) is 3.89. The van der Waals surface area contributed by atoms with Gasteiger partial charge in [-0.05, 0) is 46.3 Å². The zero-order chi connectivity index (χ0) is 12.8. The molecule has 17 heavy (non-hydrogen) atoms. The van der Waals surface area contributed by atoms with Crippen LogP contribution in [0.3, 0.4) is 0 Å². The number of hydrogen-bond acceptors (Lipinski definition) is 3. The van der Waals surface area contributed by atoms with Crippen LogP contribution in [-0.2, 0) is 0 Å². The summed E-state index contributed by atoms with van der Waals surface area (Å²) >= 11 is 0. The lowest BCUT2D eigenvalue weighted by atomic mass is 10.1. The minimum absolute atomic E-state index is 0.673. The van der Waals surface area contributed by atoms with Gasteiger partial charge in [-0.2, -0.15) is 0 Å². The number of nitrogens with one attached hydrogen (secondary N) is 1. The number of likely N-dealkylation sites (tertiary alicyclic amines) is 1. The number of rotatable bonds is 7. The Kier molecular flexibility index (Phi) is 6.45. The minimum Gasteiger partial charge on any atom is -0.315 e. The van der Waals surface area contributed by atoms with E-state index in [2.05, 4.69) is 50.0 Å². The molecule has 0 spiro atoms. The van der Waals surface area contributed by atoms with Crippen LogP contribution in [0.4, 0.5) is 0 Å². The largest absolute Gasteiger partial charge is 0.315 e. The standard InChI is InChI=1S/C14H31N3/c1-12(2)6-8-15-10-13(3)17-9-7-14(11-17)16(4)5/h12-15H,6-11H2,1-5H3. The van der Waals surface area contributed by atoms with Gasteiger partial charge in [0.05, 0.1) is 0 Å². The summed E-state index contributed by atoms with van der Waals surface area (Å²) in [4.78, 5) is 4.98. The van der Waals surface area contributed by atoms with Crippen LogP contribution in [0.15, 0.2) is 0 Å². The highest BCUT2D eigenvalue weighted by Crippen LogP contribution is 2.15. The second-order valence-corrected chi connectivity index (χ2v) is 6.14. The first-order chi connectivity index (χ1) is 8.00. The maximum atomic E-state index is 3.58. The van der Waals surface area contributed by atoms with E-state index in [1.54, 1.807) is 0 Å². The van der Waals surface area contributed by atoms with Gasteiger partial charge in [-0.3, -0.25) is 4.90 Å². The SMILES string of the molecule is CC(C)CCNCC(C)N1CCC(N(C)C)C1. The Morgan fingerprint density at radius 1 is 1.29 bits per heavy atom. The summed E-state index contributed by atoms with van der Waals surface area (Å²) in [6, 6.07) is 1.43. The maximum Gasteiger partial charge on any atom is 0.0229 e. The van der Waals surface area contributed by atoms with Crippen molar-refractivity contribution in [3.63, 3.8) is 0 Å². The first-order valence-corrected chi connectivity index (χ1v) is 7.12. The van der Waals surface area contributed by atoms with E-state index in [1.807, 2.05) is 0 Å². The third kappa shape index (κ3) is 5.36. The van der Waals surface area contributed by atoms with Gasteiger partial charge in [0.25, 0.3) is 0 Å². The highest BCUT2D eigenvalue weighted by atomic mass is 15.3. The van der Waals surface area contributed by atoms with Gasteiger partial charge in [-0.1, -0.05) is 13.8 Å². The average Bonchev–Trinajstić information content (AvgIpc) is 2.73. The minimum atomic E-state index is 0.673. The van der Waals surface area contributed by atoms with E-state index in [1.165, 1.54) is 25.9 Å². The molecule has 0 aliphatic carbocycles. The van der Waals surface area contributed by atoms with Crippen LogP contribution in [-0.4, -0.2) is 62.2 Å². The maximum absolute atomic E-state index is 3.58. The second-order valence-electron chi connectivity index (χ2n) is 6.14. The highest BCUT2D eigenvalue weighted by molar-refractivity contribution is 4.84. The predicted octanol–water partition coefficient (Wildman–Crippen LogP) is 1.65. The molecule has 1 rings (SSSR count). The van der Waals surface area contributed by atoms with Crippen molar-refractivity contribution in [3.05, 3.63) is 0 Å². The smallest absolute Gasteiger partial charge is 0.0229 e. The molecule has 1 aliphatic heterocycles. The zero-order valence-electron chi connectivity index (χ0n) is 12.4.